The SMILES string of the molecule is CCC(C)c1ccc(Oc2nc[nH]c(=O)c2Br)cc1. The molecule has 2 rings (SSSR count). The lowest BCUT2D eigenvalue weighted by molar-refractivity contribution is 0.456. The fourth-order valence-corrected chi connectivity index (χ4v) is 1.95. The van der Waals surface area contributed by atoms with Gasteiger partial charge in [-0.25, -0.2) is 4.98 Å². The topological polar surface area (TPSA) is 55.0 Å². The van der Waals surface area contributed by atoms with E-state index in [-0.39, 0.29) is 11.4 Å². The fraction of sp³-hybridized carbons (Fsp3) is 0.286. The summed E-state index contributed by atoms with van der Waals surface area (Å²) < 4.78 is 5.87. The number of hydrogen-bond donors (Lipinski definition) is 1. The van der Waals surface area contributed by atoms with Crippen molar-refractivity contribution in [1.29, 1.82) is 0 Å². The average Bonchev–Trinajstić information content (AvgIpc) is 2.44. The van der Waals surface area contributed by atoms with E-state index in [1.54, 1.807) is 0 Å². The van der Waals surface area contributed by atoms with Crippen LogP contribution < -0.4 is 10.3 Å². The van der Waals surface area contributed by atoms with Crippen molar-refractivity contribution in [2.75, 3.05) is 0 Å². The number of H-pyrrole nitrogens is 1. The number of nitrogens with zero attached hydrogens (tertiary/aromatic N) is 1. The van der Waals surface area contributed by atoms with Gasteiger partial charge in [0.05, 0.1) is 6.33 Å². The molecule has 1 atom stereocenters. The predicted molar refractivity (Wildman–Crippen MR) is 77.8 cm³/mol. The van der Waals surface area contributed by atoms with Crippen molar-refractivity contribution in [3.05, 3.63) is 51.0 Å². The molecule has 5 heteroatoms. The Hall–Kier alpha value is -1.62. The maximum Gasteiger partial charge on any atom is 0.268 e. The highest BCUT2D eigenvalue weighted by Gasteiger charge is 2.08. The number of halogens is 1. The van der Waals surface area contributed by atoms with Crippen molar-refractivity contribution >= 4 is 15.9 Å². The predicted octanol–water partition coefficient (Wildman–Crippen LogP) is 3.84. The molecule has 0 amide bonds. The maximum absolute atomic E-state index is 11.4. The molecule has 100 valence electrons. The first-order valence-corrected chi connectivity index (χ1v) is 6.92. The van der Waals surface area contributed by atoms with Gasteiger partial charge in [0.25, 0.3) is 5.56 Å². The zero-order valence-corrected chi connectivity index (χ0v) is 12.4. The lowest BCUT2D eigenvalue weighted by Gasteiger charge is -2.10. The number of rotatable bonds is 4. The van der Waals surface area contributed by atoms with Crippen LogP contribution in [-0.4, -0.2) is 9.97 Å². The van der Waals surface area contributed by atoms with Crippen LogP contribution in [0.3, 0.4) is 0 Å². The highest BCUT2D eigenvalue weighted by molar-refractivity contribution is 9.10. The normalized spacial score (nSPS) is 12.2. The number of aromatic amines is 1. The van der Waals surface area contributed by atoms with E-state index in [0.29, 0.717) is 16.1 Å². The van der Waals surface area contributed by atoms with E-state index in [0.717, 1.165) is 6.42 Å². The van der Waals surface area contributed by atoms with Crippen LogP contribution in [0.5, 0.6) is 11.6 Å². The van der Waals surface area contributed by atoms with Crippen molar-refractivity contribution < 1.29 is 4.74 Å². The van der Waals surface area contributed by atoms with E-state index in [2.05, 4.69) is 39.7 Å². The first-order chi connectivity index (χ1) is 9.11. The molecule has 1 aromatic heterocycles. The minimum Gasteiger partial charge on any atom is -0.438 e. The van der Waals surface area contributed by atoms with Crippen LogP contribution in [0.15, 0.2) is 39.9 Å². The molecule has 2 aromatic rings. The Morgan fingerprint density at radius 3 is 2.68 bits per heavy atom. The third-order valence-electron chi connectivity index (χ3n) is 3.04. The molecule has 1 heterocycles. The minimum atomic E-state index is -0.263. The standard InChI is InChI=1S/C14H15BrN2O2/c1-3-9(2)10-4-6-11(7-5-10)19-14-12(15)13(18)16-8-17-14/h4-9H,3H2,1-2H3,(H,16,17,18). The molecule has 1 aromatic carbocycles. The second kappa shape index (κ2) is 6.02. The molecule has 4 nitrogen and oxygen atoms in total. The van der Waals surface area contributed by atoms with E-state index in [1.165, 1.54) is 11.9 Å². The van der Waals surface area contributed by atoms with Crippen LogP contribution in [0, 0.1) is 0 Å². The number of aromatic nitrogens is 2. The molecule has 19 heavy (non-hydrogen) atoms. The van der Waals surface area contributed by atoms with Crippen LogP contribution in [0.4, 0.5) is 0 Å². The van der Waals surface area contributed by atoms with Gasteiger partial charge in [0.2, 0.25) is 5.88 Å². The highest BCUT2D eigenvalue weighted by atomic mass is 79.9. The molecule has 1 N–H and O–H groups in total. The zero-order valence-electron chi connectivity index (χ0n) is 10.8. The van der Waals surface area contributed by atoms with Gasteiger partial charge in [-0.05, 0) is 46.0 Å². The number of hydrogen-bond acceptors (Lipinski definition) is 3. The maximum atomic E-state index is 11.4. The number of ether oxygens (including phenoxy) is 1. The van der Waals surface area contributed by atoms with Gasteiger partial charge in [0, 0.05) is 0 Å². The van der Waals surface area contributed by atoms with E-state index in [9.17, 15) is 4.79 Å². The Bertz CT molecular complexity index is 608. The van der Waals surface area contributed by atoms with E-state index in [4.69, 9.17) is 4.74 Å². The molecular formula is C14H15BrN2O2. The summed E-state index contributed by atoms with van der Waals surface area (Å²) in [4.78, 5) is 17.8. The van der Waals surface area contributed by atoms with E-state index in [1.807, 2.05) is 24.3 Å². The molecule has 0 aliphatic heterocycles. The van der Waals surface area contributed by atoms with Crippen LogP contribution in [0.2, 0.25) is 0 Å². The lowest BCUT2D eigenvalue weighted by Crippen LogP contribution is -2.08. The molecule has 0 saturated carbocycles. The van der Waals surface area contributed by atoms with Crippen molar-refractivity contribution in [2.24, 2.45) is 0 Å². The average molecular weight is 323 g/mol. The van der Waals surface area contributed by atoms with Crippen molar-refractivity contribution in [3.8, 4) is 11.6 Å². The monoisotopic (exact) mass is 322 g/mol. The smallest absolute Gasteiger partial charge is 0.268 e. The zero-order chi connectivity index (χ0) is 13.8. The second-order valence-electron chi connectivity index (χ2n) is 4.33. The Labute approximate surface area is 120 Å². The number of nitrogens with one attached hydrogen (secondary N) is 1. The Morgan fingerprint density at radius 2 is 2.05 bits per heavy atom. The molecular weight excluding hydrogens is 308 g/mol. The molecule has 0 spiro atoms. The van der Waals surface area contributed by atoms with Crippen molar-refractivity contribution in [2.45, 2.75) is 26.2 Å². The third kappa shape index (κ3) is 3.23. The molecule has 0 radical (unpaired) electrons. The summed E-state index contributed by atoms with van der Waals surface area (Å²) in [6.07, 6.45) is 2.41. The van der Waals surface area contributed by atoms with E-state index >= 15 is 0 Å². The second-order valence-corrected chi connectivity index (χ2v) is 5.12. The van der Waals surface area contributed by atoms with Gasteiger partial charge in [0.1, 0.15) is 10.2 Å². The van der Waals surface area contributed by atoms with Gasteiger partial charge in [-0.1, -0.05) is 26.0 Å². The lowest BCUT2D eigenvalue weighted by atomic mass is 9.99. The van der Waals surface area contributed by atoms with Crippen LogP contribution in [0.1, 0.15) is 31.7 Å². The van der Waals surface area contributed by atoms with Gasteiger partial charge in [-0.3, -0.25) is 4.79 Å². The first-order valence-electron chi connectivity index (χ1n) is 6.12. The molecule has 0 fully saturated rings. The summed E-state index contributed by atoms with van der Waals surface area (Å²) in [6, 6.07) is 7.84. The summed E-state index contributed by atoms with van der Waals surface area (Å²) in [6.45, 7) is 4.34. The molecule has 0 saturated heterocycles. The van der Waals surface area contributed by atoms with Crippen molar-refractivity contribution in [3.63, 3.8) is 0 Å². The van der Waals surface area contributed by atoms with Gasteiger partial charge in [-0.2, -0.15) is 0 Å². The van der Waals surface area contributed by atoms with Gasteiger partial charge in [0.15, 0.2) is 0 Å². The van der Waals surface area contributed by atoms with Crippen LogP contribution in [0.25, 0.3) is 0 Å². The quantitative estimate of drug-likeness (QED) is 0.930. The third-order valence-corrected chi connectivity index (χ3v) is 3.74. The van der Waals surface area contributed by atoms with E-state index < -0.39 is 0 Å². The molecule has 0 aliphatic carbocycles. The van der Waals surface area contributed by atoms with Gasteiger partial charge >= 0.3 is 0 Å². The molecule has 0 aliphatic rings. The van der Waals surface area contributed by atoms with Crippen LogP contribution in [-0.2, 0) is 0 Å². The van der Waals surface area contributed by atoms with Gasteiger partial charge in [-0.15, -0.1) is 0 Å². The summed E-state index contributed by atoms with van der Waals surface area (Å²) in [7, 11) is 0. The van der Waals surface area contributed by atoms with Crippen molar-refractivity contribution in [1.82, 2.24) is 9.97 Å². The Balaban J connectivity index is 2.20. The number of benzene rings is 1. The Morgan fingerprint density at radius 1 is 1.37 bits per heavy atom. The summed E-state index contributed by atoms with van der Waals surface area (Å²) >= 11 is 3.16. The highest BCUT2D eigenvalue weighted by Crippen LogP contribution is 2.26. The Kier molecular flexibility index (Phi) is 4.37. The minimum absolute atomic E-state index is 0.263. The molecule has 1 unspecified atom stereocenters. The first kappa shape index (κ1) is 13.8. The largest absolute Gasteiger partial charge is 0.438 e. The van der Waals surface area contributed by atoms with Crippen LogP contribution >= 0.6 is 15.9 Å². The summed E-state index contributed by atoms with van der Waals surface area (Å²) in [5, 5.41) is 0. The van der Waals surface area contributed by atoms with Gasteiger partial charge < -0.3 is 9.72 Å². The summed E-state index contributed by atoms with van der Waals surface area (Å²) in [5.74, 6) is 1.45. The fourth-order valence-electron chi connectivity index (χ4n) is 1.65. The molecule has 0 bridgehead atoms. The summed E-state index contributed by atoms with van der Waals surface area (Å²) in [5.41, 5.74) is 1.01.